The fourth-order valence-electron chi connectivity index (χ4n) is 2.34. The van der Waals surface area contributed by atoms with E-state index >= 15 is 0 Å². The first-order chi connectivity index (χ1) is 9.16. The zero-order valence-corrected chi connectivity index (χ0v) is 10.3. The summed E-state index contributed by atoms with van der Waals surface area (Å²) in [6.45, 7) is 2.42. The van der Waals surface area contributed by atoms with Gasteiger partial charge in [-0.3, -0.25) is 4.79 Å². The van der Waals surface area contributed by atoms with Crippen LogP contribution in [0, 0.1) is 5.82 Å². The Hall–Kier alpha value is -2.08. The van der Waals surface area contributed by atoms with Gasteiger partial charge in [-0.1, -0.05) is 0 Å². The minimum absolute atomic E-state index is 0.161. The van der Waals surface area contributed by atoms with Gasteiger partial charge in [-0.25, -0.2) is 4.39 Å². The van der Waals surface area contributed by atoms with Crippen LogP contribution in [0.25, 0.3) is 10.9 Å². The number of nitrogen functional groups attached to an aromatic ring is 1. The van der Waals surface area contributed by atoms with E-state index in [1.165, 1.54) is 6.07 Å². The van der Waals surface area contributed by atoms with Crippen LogP contribution in [-0.4, -0.2) is 31.3 Å². The maximum absolute atomic E-state index is 14.5. The molecule has 19 heavy (non-hydrogen) atoms. The van der Waals surface area contributed by atoms with Crippen LogP contribution in [-0.2, 0) is 4.74 Å². The van der Waals surface area contributed by atoms with Crippen LogP contribution in [0.2, 0.25) is 0 Å². The number of nitrogens with zero attached hydrogens (tertiary/aromatic N) is 1. The van der Waals surface area contributed by atoms with Crippen molar-refractivity contribution in [3.05, 3.63) is 34.2 Å². The quantitative estimate of drug-likeness (QED) is 0.807. The maximum atomic E-state index is 14.5. The summed E-state index contributed by atoms with van der Waals surface area (Å²) in [6.07, 6.45) is 0. The van der Waals surface area contributed by atoms with Crippen molar-refractivity contribution in [3.63, 3.8) is 0 Å². The number of anilines is 2. The second kappa shape index (κ2) is 4.55. The second-order valence-electron chi connectivity index (χ2n) is 4.51. The predicted molar refractivity (Wildman–Crippen MR) is 72.0 cm³/mol. The van der Waals surface area contributed by atoms with Crippen molar-refractivity contribution in [2.24, 2.45) is 0 Å². The zero-order chi connectivity index (χ0) is 13.4. The summed E-state index contributed by atoms with van der Waals surface area (Å²) in [7, 11) is 0. The number of hydrogen-bond donors (Lipinski definition) is 2. The molecule has 1 aliphatic heterocycles. The van der Waals surface area contributed by atoms with E-state index in [0.29, 0.717) is 37.4 Å². The highest BCUT2D eigenvalue weighted by molar-refractivity contribution is 5.84. The molecule has 0 atom stereocenters. The summed E-state index contributed by atoms with van der Waals surface area (Å²) in [4.78, 5) is 16.4. The average molecular weight is 263 g/mol. The Bertz CT molecular complexity index is 677. The number of halogens is 1. The van der Waals surface area contributed by atoms with Crippen LogP contribution < -0.4 is 16.1 Å². The molecule has 100 valence electrons. The smallest absolute Gasteiger partial charge is 0.191 e. The number of hydrogen-bond acceptors (Lipinski definition) is 4. The molecule has 1 aromatic carbocycles. The molecule has 3 N–H and O–H groups in total. The molecule has 5 nitrogen and oxygen atoms in total. The highest BCUT2D eigenvalue weighted by Crippen LogP contribution is 2.25. The fraction of sp³-hybridized carbons (Fsp3) is 0.308. The van der Waals surface area contributed by atoms with Crippen LogP contribution in [0.15, 0.2) is 23.0 Å². The van der Waals surface area contributed by atoms with Crippen LogP contribution >= 0.6 is 0 Å². The largest absolute Gasteiger partial charge is 0.385 e. The summed E-state index contributed by atoms with van der Waals surface area (Å²) in [5.74, 6) is -0.278. The van der Waals surface area contributed by atoms with E-state index in [4.69, 9.17) is 10.5 Å². The van der Waals surface area contributed by atoms with Crippen LogP contribution in [0.5, 0.6) is 0 Å². The third kappa shape index (κ3) is 2.04. The first kappa shape index (κ1) is 12.0. The summed E-state index contributed by atoms with van der Waals surface area (Å²) < 4.78 is 19.8. The predicted octanol–water partition coefficient (Wildman–Crippen LogP) is 1.09. The number of pyridine rings is 1. The van der Waals surface area contributed by atoms with E-state index in [0.717, 1.165) is 0 Å². The normalized spacial score (nSPS) is 15.9. The number of H-pyrrole nitrogens is 1. The fourth-order valence-corrected chi connectivity index (χ4v) is 2.34. The monoisotopic (exact) mass is 263 g/mol. The molecule has 2 aromatic rings. The molecule has 6 heteroatoms. The third-order valence-corrected chi connectivity index (χ3v) is 3.29. The number of nitrogens with one attached hydrogen (secondary N) is 1. The molecule has 0 amide bonds. The molecular formula is C13H14FN3O2. The van der Waals surface area contributed by atoms with Gasteiger partial charge < -0.3 is 20.4 Å². The molecule has 3 rings (SSSR count). The summed E-state index contributed by atoms with van der Waals surface area (Å²) >= 11 is 0. The Labute approximate surface area is 108 Å². The van der Waals surface area contributed by atoms with Gasteiger partial charge in [0.2, 0.25) is 0 Å². The van der Waals surface area contributed by atoms with Gasteiger partial charge in [0.05, 0.1) is 24.4 Å². The maximum Gasteiger partial charge on any atom is 0.191 e. The van der Waals surface area contributed by atoms with Crippen molar-refractivity contribution >= 4 is 22.4 Å². The Morgan fingerprint density at radius 1 is 1.32 bits per heavy atom. The average Bonchev–Trinajstić information content (AvgIpc) is 2.41. The third-order valence-electron chi connectivity index (χ3n) is 3.29. The van der Waals surface area contributed by atoms with Crippen molar-refractivity contribution in [1.29, 1.82) is 0 Å². The van der Waals surface area contributed by atoms with Gasteiger partial charge >= 0.3 is 0 Å². The van der Waals surface area contributed by atoms with Crippen molar-refractivity contribution in [2.45, 2.75) is 0 Å². The lowest BCUT2D eigenvalue weighted by molar-refractivity contribution is 0.122. The number of aromatic nitrogens is 1. The van der Waals surface area contributed by atoms with Crippen molar-refractivity contribution in [1.82, 2.24) is 4.98 Å². The number of benzene rings is 1. The van der Waals surface area contributed by atoms with E-state index in [2.05, 4.69) is 4.98 Å². The zero-order valence-electron chi connectivity index (χ0n) is 10.3. The molecule has 1 aromatic heterocycles. The lowest BCUT2D eigenvalue weighted by Crippen LogP contribution is -2.36. The van der Waals surface area contributed by atoms with Crippen molar-refractivity contribution in [3.8, 4) is 0 Å². The number of nitrogens with two attached hydrogens (primary N) is 1. The van der Waals surface area contributed by atoms with E-state index < -0.39 is 5.82 Å². The lowest BCUT2D eigenvalue weighted by Gasteiger charge is -2.29. The van der Waals surface area contributed by atoms with E-state index in [9.17, 15) is 9.18 Å². The van der Waals surface area contributed by atoms with Crippen molar-refractivity contribution in [2.75, 3.05) is 36.9 Å². The van der Waals surface area contributed by atoms with Gasteiger partial charge in [-0.05, 0) is 12.1 Å². The van der Waals surface area contributed by atoms with Crippen LogP contribution in [0.1, 0.15) is 0 Å². The summed E-state index contributed by atoms with van der Waals surface area (Å²) in [6, 6.07) is 4.52. The number of rotatable bonds is 1. The van der Waals surface area contributed by atoms with Crippen LogP contribution in [0.3, 0.4) is 0 Å². The lowest BCUT2D eigenvalue weighted by atomic mass is 10.1. The first-order valence-corrected chi connectivity index (χ1v) is 6.10. The highest BCUT2D eigenvalue weighted by atomic mass is 19.1. The topological polar surface area (TPSA) is 71.3 Å². The number of fused-ring (bicyclic) bond motifs is 1. The minimum atomic E-state index is -0.441. The molecule has 0 spiro atoms. The molecule has 1 fully saturated rings. The molecule has 1 saturated heterocycles. The van der Waals surface area contributed by atoms with Gasteiger partial charge in [0.1, 0.15) is 5.82 Å². The molecular weight excluding hydrogens is 249 g/mol. The standard InChI is InChI=1S/C13H14FN3O2/c14-12-9(17-3-5-19-6-4-17)2-1-8-10(18)7-11(15)16-13(8)12/h1-2,7H,3-6H2,(H3,15,16,18). The SMILES string of the molecule is Nc1cc(=O)c2ccc(N3CCOCC3)c(F)c2[nH]1. The molecule has 0 saturated carbocycles. The molecule has 0 aliphatic carbocycles. The van der Waals surface area contributed by atoms with E-state index in [1.54, 1.807) is 12.1 Å². The van der Waals surface area contributed by atoms with Gasteiger partial charge in [-0.2, -0.15) is 0 Å². The van der Waals surface area contributed by atoms with Gasteiger partial charge in [-0.15, -0.1) is 0 Å². The second-order valence-corrected chi connectivity index (χ2v) is 4.51. The molecule has 0 bridgehead atoms. The first-order valence-electron chi connectivity index (χ1n) is 6.10. The van der Waals surface area contributed by atoms with Gasteiger partial charge in [0.15, 0.2) is 11.2 Å². The minimum Gasteiger partial charge on any atom is -0.385 e. The van der Waals surface area contributed by atoms with E-state index in [1.807, 2.05) is 4.90 Å². The summed E-state index contributed by atoms with van der Waals surface area (Å²) in [5.41, 5.74) is 5.92. The summed E-state index contributed by atoms with van der Waals surface area (Å²) in [5, 5.41) is 0.309. The number of morpholine rings is 1. The van der Waals surface area contributed by atoms with Crippen LogP contribution in [0.4, 0.5) is 15.9 Å². The Kier molecular flexibility index (Phi) is 2.87. The highest BCUT2D eigenvalue weighted by Gasteiger charge is 2.18. The van der Waals surface area contributed by atoms with Gasteiger partial charge in [0, 0.05) is 24.5 Å². The van der Waals surface area contributed by atoms with Crippen molar-refractivity contribution < 1.29 is 9.13 Å². The van der Waals surface area contributed by atoms with Gasteiger partial charge in [0.25, 0.3) is 0 Å². The Balaban J connectivity index is 2.17. The number of aromatic amines is 1. The Morgan fingerprint density at radius 2 is 2.05 bits per heavy atom. The molecule has 2 heterocycles. The Morgan fingerprint density at radius 3 is 2.79 bits per heavy atom. The number of ether oxygens (including phenoxy) is 1. The van der Waals surface area contributed by atoms with E-state index in [-0.39, 0.29) is 16.8 Å². The molecule has 1 aliphatic rings. The molecule has 0 unspecified atom stereocenters. The molecule has 0 radical (unpaired) electrons.